The molecular formula is C16H20N2O2. The minimum Gasteiger partial charge on any atom is -0.497 e. The van der Waals surface area contributed by atoms with Gasteiger partial charge >= 0.3 is 0 Å². The predicted molar refractivity (Wildman–Crippen MR) is 80.0 cm³/mol. The third-order valence-electron chi connectivity index (χ3n) is 3.21. The van der Waals surface area contributed by atoms with Gasteiger partial charge in [-0.2, -0.15) is 0 Å². The molecule has 0 saturated heterocycles. The molecule has 20 heavy (non-hydrogen) atoms. The largest absolute Gasteiger partial charge is 0.497 e. The molecule has 2 rings (SSSR count). The lowest BCUT2D eigenvalue weighted by Crippen LogP contribution is -2.20. The molecule has 1 heterocycles. The van der Waals surface area contributed by atoms with Gasteiger partial charge in [-0.1, -0.05) is 18.2 Å². The Morgan fingerprint density at radius 2 is 1.95 bits per heavy atom. The van der Waals surface area contributed by atoms with Crippen molar-refractivity contribution in [3.8, 4) is 5.75 Å². The van der Waals surface area contributed by atoms with Crippen molar-refractivity contribution in [3.63, 3.8) is 0 Å². The molecule has 4 heteroatoms. The molecule has 4 nitrogen and oxygen atoms in total. The van der Waals surface area contributed by atoms with Crippen molar-refractivity contribution in [1.82, 2.24) is 4.98 Å². The normalized spacial score (nSPS) is 12.0. The lowest BCUT2D eigenvalue weighted by molar-refractivity contribution is 0.199. The average Bonchev–Trinajstić information content (AvgIpc) is 2.48. The maximum atomic E-state index is 9.80. The van der Waals surface area contributed by atoms with Crippen molar-refractivity contribution >= 4 is 5.82 Å². The number of aromatic nitrogens is 1. The van der Waals surface area contributed by atoms with Gasteiger partial charge in [0.1, 0.15) is 11.6 Å². The van der Waals surface area contributed by atoms with Crippen LogP contribution in [0.3, 0.4) is 0 Å². The quantitative estimate of drug-likeness (QED) is 0.909. The molecule has 2 aromatic rings. The van der Waals surface area contributed by atoms with Crippen molar-refractivity contribution in [2.45, 2.75) is 19.6 Å². The molecule has 0 aliphatic heterocycles. The van der Waals surface area contributed by atoms with Crippen LogP contribution in [0.25, 0.3) is 0 Å². The van der Waals surface area contributed by atoms with Crippen LogP contribution >= 0.6 is 0 Å². The van der Waals surface area contributed by atoms with E-state index >= 15 is 0 Å². The first-order chi connectivity index (χ1) is 9.61. The minimum absolute atomic E-state index is 0.531. The van der Waals surface area contributed by atoms with E-state index in [9.17, 15) is 5.11 Å². The van der Waals surface area contributed by atoms with Gasteiger partial charge in [0.15, 0.2) is 0 Å². The number of rotatable bonds is 5. The van der Waals surface area contributed by atoms with Gasteiger partial charge in [0, 0.05) is 25.4 Å². The Balaban J connectivity index is 2.17. The monoisotopic (exact) mass is 272 g/mol. The third kappa shape index (κ3) is 3.27. The van der Waals surface area contributed by atoms with Crippen molar-refractivity contribution in [1.29, 1.82) is 0 Å². The number of hydrogen-bond donors (Lipinski definition) is 1. The molecule has 0 bridgehead atoms. The molecule has 0 fully saturated rings. The van der Waals surface area contributed by atoms with Crippen LogP contribution in [-0.4, -0.2) is 24.2 Å². The second-order valence-corrected chi connectivity index (χ2v) is 4.80. The fraction of sp³-hybridized carbons (Fsp3) is 0.312. The van der Waals surface area contributed by atoms with E-state index < -0.39 is 6.10 Å². The van der Waals surface area contributed by atoms with Crippen LogP contribution in [-0.2, 0) is 6.54 Å². The van der Waals surface area contributed by atoms with Crippen molar-refractivity contribution in [2.24, 2.45) is 0 Å². The van der Waals surface area contributed by atoms with Gasteiger partial charge in [-0.05, 0) is 30.7 Å². The van der Waals surface area contributed by atoms with E-state index in [4.69, 9.17) is 4.74 Å². The van der Waals surface area contributed by atoms with Crippen LogP contribution in [0.5, 0.6) is 5.75 Å². The van der Waals surface area contributed by atoms with E-state index in [0.29, 0.717) is 0 Å². The van der Waals surface area contributed by atoms with Crippen LogP contribution in [0.2, 0.25) is 0 Å². The lowest BCUT2D eigenvalue weighted by atomic mass is 10.1. The van der Waals surface area contributed by atoms with E-state index in [1.54, 1.807) is 20.2 Å². The molecule has 0 unspecified atom stereocenters. The van der Waals surface area contributed by atoms with Crippen molar-refractivity contribution < 1.29 is 9.84 Å². The Labute approximate surface area is 119 Å². The lowest BCUT2D eigenvalue weighted by Gasteiger charge is -2.22. The molecule has 106 valence electrons. The van der Waals surface area contributed by atoms with Gasteiger partial charge in [0.25, 0.3) is 0 Å². The highest BCUT2D eigenvalue weighted by molar-refractivity contribution is 5.47. The maximum Gasteiger partial charge on any atom is 0.134 e. The van der Waals surface area contributed by atoms with E-state index in [-0.39, 0.29) is 0 Å². The third-order valence-corrected chi connectivity index (χ3v) is 3.21. The number of pyridine rings is 1. The number of aliphatic hydroxyl groups excluding tert-OH is 1. The highest BCUT2D eigenvalue weighted by atomic mass is 16.5. The molecule has 0 saturated carbocycles. The summed E-state index contributed by atoms with van der Waals surface area (Å²) in [7, 11) is 3.63. The molecule has 1 atom stereocenters. The summed E-state index contributed by atoms with van der Waals surface area (Å²) < 4.78 is 5.15. The molecule has 0 aliphatic rings. The molecule has 0 amide bonds. The summed E-state index contributed by atoms with van der Waals surface area (Å²) >= 11 is 0. The Morgan fingerprint density at radius 1 is 1.25 bits per heavy atom. The predicted octanol–water partition coefficient (Wildman–Crippen LogP) is 2.78. The SMILES string of the molecule is COc1ccc(CN(C)c2ncccc2[C@H](C)O)cc1. The summed E-state index contributed by atoms with van der Waals surface area (Å²) in [6.07, 6.45) is 1.21. The first-order valence-corrected chi connectivity index (χ1v) is 6.59. The topological polar surface area (TPSA) is 45.6 Å². The smallest absolute Gasteiger partial charge is 0.134 e. The molecule has 1 aromatic heterocycles. The number of benzene rings is 1. The number of methoxy groups -OCH3 is 1. The van der Waals surface area contributed by atoms with Crippen molar-refractivity contribution in [3.05, 3.63) is 53.7 Å². The molecule has 1 aromatic carbocycles. The summed E-state index contributed by atoms with van der Waals surface area (Å²) in [5, 5.41) is 9.80. The standard InChI is InChI=1S/C16H20N2O2/c1-12(19)15-5-4-10-17-16(15)18(2)11-13-6-8-14(20-3)9-7-13/h4-10,12,19H,11H2,1-3H3/t12-/m0/s1. The Kier molecular flexibility index (Phi) is 4.58. The van der Waals surface area contributed by atoms with E-state index in [1.165, 1.54) is 0 Å². The molecule has 0 aliphatic carbocycles. The number of anilines is 1. The summed E-state index contributed by atoms with van der Waals surface area (Å²) in [6, 6.07) is 11.7. The van der Waals surface area contributed by atoms with Gasteiger partial charge in [-0.25, -0.2) is 4.98 Å². The fourth-order valence-corrected chi connectivity index (χ4v) is 2.13. The number of hydrogen-bond acceptors (Lipinski definition) is 4. The number of ether oxygens (including phenoxy) is 1. The van der Waals surface area contributed by atoms with Gasteiger partial charge < -0.3 is 14.7 Å². The number of aliphatic hydroxyl groups is 1. The maximum absolute atomic E-state index is 9.80. The molecule has 0 spiro atoms. The minimum atomic E-state index is -0.531. The zero-order chi connectivity index (χ0) is 14.5. The van der Waals surface area contributed by atoms with E-state index in [0.717, 1.165) is 29.2 Å². The summed E-state index contributed by atoms with van der Waals surface area (Å²) in [4.78, 5) is 6.40. The Morgan fingerprint density at radius 3 is 2.55 bits per heavy atom. The van der Waals surface area contributed by atoms with Crippen LogP contribution in [0.15, 0.2) is 42.6 Å². The first kappa shape index (κ1) is 14.3. The fourth-order valence-electron chi connectivity index (χ4n) is 2.13. The van der Waals surface area contributed by atoms with Gasteiger partial charge in [-0.15, -0.1) is 0 Å². The van der Waals surface area contributed by atoms with Crippen LogP contribution in [0.4, 0.5) is 5.82 Å². The molecular weight excluding hydrogens is 252 g/mol. The second-order valence-electron chi connectivity index (χ2n) is 4.80. The van der Waals surface area contributed by atoms with Crippen LogP contribution < -0.4 is 9.64 Å². The summed E-state index contributed by atoms with van der Waals surface area (Å²) in [6.45, 7) is 2.47. The summed E-state index contributed by atoms with van der Waals surface area (Å²) in [5.41, 5.74) is 2.00. The molecule has 1 N–H and O–H groups in total. The zero-order valence-corrected chi connectivity index (χ0v) is 12.1. The molecule has 0 radical (unpaired) electrons. The number of nitrogens with zero attached hydrogens (tertiary/aromatic N) is 2. The van der Waals surface area contributed by atoms with Gasteiger partial charge in [0.05, 0.1) is 13.2 Å². The van der Waals surface area contributed by atoms with Gasteiger partial charge in [0.2, 0.25) is 0 Å². The van der Waals surface area contributed by atoms with E-state index in [1.807, 2.05) is 48.3 Å². The highest BCUT2D eigenvalue weighted by Gasteiger charge is 2.12. The second kappa shape index (κ2) is 6.39. The first-order valence-electron chi connectivity index (χ1n) is 6.59. The Hall–Kier alpha value is -2.07. The van der Waals surface area contributed by atoms with Gasteiger partial charge in [-0.3, -0.25) is 0 Å². The van der Waals surface area contributed by atoms with Crippen molar-refractivity contribution in [2.75, 3.05) is 19.1 Å². The summed E-state index contributed by atoms with van der Waals surface area (Å²) in [5.74, 6) is 1.65. The Bertz CT molecular complexity index is 553. The highest BCUT2D eigenvalue weighted by Crippen LogP contribution is 2.24. The average molecular weight is 272 g/mol. The van der Waals surface area contributed by atoms with Crippen LogP contribution in [0, 0.1) is 0 Å². The zero-order valence-electron chi connectivity index (χ0n) is 12.1. The van der Waals surface area contributed by atoms with E-state index in [2.05, 4.69) is 4.98 Å². The van der Waals surface area contributed by atoms with Crippen LogP contribution in [0.1, 0.15) is 24.2 Å².